The summed E-state index contributed by atoms with van der Waals surface area (Å²) < 4.78 is 5.11. The number of benzene rings is 1. The summed E-state index contributed by atoms with van der Waals surface area (Å²) in [5.41, 5.74) is 2.02. The third-order valence-corrected chi connectivity index (χ3v) is 4.76. The van der Waals surface area contributed by atoms with Crippen LogP contribution in [-0.4, -0.2) is 24.7 Å². The largest absolute Gasteiger partial charge is 0.468 e. The molecule has 1 fully saturated rings. The van der Waals surface area contributed by atoms with Crippen molar-refractivity contribution in [2.24, 2.45) is 0 Å². The van der Waals surface area contributed by atoms with Crippen molar-refractivity contribution in [3.63, 3.8) is 0 Å². The van der Waals surface area contributed by atoms with Crippen LogP contribution in [0.2, 0.25) is 0 Å². The molecule has 0 aromatic heterocycles. The third-order valence-electron chi connectivity index (χ3n) is 4.76. The van der Waals surface area contributed by atoms with Crippen molar-refractivity contribution in [1.29, 1.82) is 0 Å². The van der Waals surface area contributed by atoms with Gasteiger partial charge in [-0.05, 0) is 24.0 Å². The van der Waals surface area contributed by atoms with Crippen LogP contribution in [0.25, 0.3) is 0 Å². The van der Waals surface area contributed by atoms with Gasteiger partial charge in [0.15, 0.2) is 0 Å². The lowest BCUT2D eigenvalue weighted by Gasteiger charge is -2.34. The van der Waals surface area contributed by atoms with E-state index >= 15 is 0 Å². The maximum absolute atomic E-state index is 12.4. The maximum Gasteiger partial charge on any atom is 0.326 e. The zero-order valence-electron chi connectivity index (χ0n) is 12.2. The fourth-order valence-corrected chi connectivity index (χ4v) is 3.75. The molecule has 0 unspecified atom stereocenters. The third kappa shape index (κ3) is 2.47. The normalized spacial score (nSPS) is 21.4. The van der Waals surface area contributed by atoms with E-state index < -0.39 is 5.54 Å². The number of carbonyl (C=O) groups excluding carboxylic acids is 1. The second-order valence-corrected chi connectivity index (χ2v) is 6.18. The standard InChI is InChI=1S/C17H23NO2/c1-20-16(19)17(18-15-9-3-2-4-10-15)11-13-7-5-6-8-14(13)12-17/h5-8,15,18H,2-4,9-12H2,1H3. The summed E-state index contributed by atoms with van der Waals surface area (Å²) in [7, 11) is 1.50. The van der Waals surface area contributed by atoms with Crippen molar-refractivity contribution >= 4 is 5.97 Å². The van der Waals surface area contributed by atoms with Crippen LogP contribution in [0, 0.1) is 0 Å². The van der Waals surface area contributed by atoms with E-state index in [0.29, 0.717) is 6.04 Å². The Morgan fingerprint density at radius 3 is 2.30 bits per heavy atom. The fourth-order valence-electron chi connectivity index (χ4n) is 3.75. The van der Waals surface area contributed by atoms with Crippen LogP contribution < -0.4 is 5.32 Å². The van der Waals surface area contributed by atoms with Crippen LogP contribution in [0.15, 0.2) is 24.3 Å². The first-order chi connectivity index (χ1) is 9.73. The van der Waals surface area contributed by atoms with E-state index in [1.54, 1.807) is 0 Å². The van der Waals surface area contributed by atoms with Crippen LogP contribution in [0.3, 0.4) is 0 Å². The zero-order chi connectivity index (χ0) is 14.0. The van der Waals surface area contributed by atoms with E-state index in [9.17, 15) is 4.79 Å². The predicted octanol–water partition coefficient (Wildman–Crippen LogP) is 2.62. The molecular formula is C17H23NO2. The van der Waals surface area contributed by atoms with E-state index in [2.05, 4.69) is 17.4 Å². The number of rotatable bonds is 3. The van der Waals surface area contributed by atoms with Gasteiger partial charge in [0.1, 0.15) is 5.54 Å². The van der Waals surface area contributed by atoms with Crippen LogP contribution in [-0.2, 0) is 22.4 Å². The molecule has 0 atom stereocenters. The first-order valence-electron chi connectivity index (χ1n) is 7.66. The summed E-state index contributed by atoms with van der Waals surface area (Å²) in [5.74, 6) is -0.112. The minimum absolute atomic E-state index is 0.112. The van der Waals surface area contributed by atoms with Crippen molar-refractivity contribution in [2.75, 3.05) is 7.11 Å². The monoisotopic (exact) mass is 273 g/mol. The molecule has 0 amide bonds. The second kappa shape index (κ2) is 5.57. The Hall–Kier alpha value is -1.35. The highest BCUT2D eigenvalue weighted by Gasteiger charge is 2.45. The lowest BCUT2D eigenvalue weighted by molar-refractivity contribution is -0.148. The van der Waals surface area contributed by atoms with Crippen molar-refractivity contribution < 1.29 is 9.53 Å². The summed E-state index contributed by atoms with van der Waals surface area (Å²) in [6, 6.07) is 8.81. The Kier molecular flexibility index (Phi) is 3.79. The molecule has 3 rings (SSSR count). The number of carbonyl (C=O) groups is 1. The van der Waals surface area contributed by atoms with E-state index in [-0.39, 0.29) is 5.97 Å². The number of methoxy groups -OCH3 is 1. The van der Waals surface area contributed by atoms with Crippen LogP contribution in [0.1, 0.15) is 43.2 Å². The molecule has 1 saturated carbocycles. The van der Waals surface area contributed by atoms with Gasteiger partial charge in [0, 0.05) is 18.9 Å². The topological polar surface area (TPSA) is 38.3 Å². The van der Waals surface area contributed by atoms with Gasteiger partial charge in [0.2, 0.25) is 0 Å². The highest BCUT2D eigenvalue weighted by Crippen LogP contribution is 2.33. The molecule has 1 aromatic carbocycles. The number of hydrogen-bond acceptors (Lipinski definition) is 3. The molecule has 0 spiro atoms. The molecule has 2 aliphatic rings. The Balaban J connectivity index is 1.82. The van der Waals surface area contributed by atoms with E-state index in [1.807, 2.05) is 12.1 Å². The van der Waals surface area contributed by atoms with Gasteiger partial charge < -0.3 is 4.74 Å². The first-order valence-corrected chi connectivity index (χ1v) is 7.66. The highest BCUT2D eigenvalue weighted by molar-refractivity contribution is 5.83. The number of nitrogens with one attached hydrogen (secondary N) is 1. The quantitative estimate of drug-likeness (QED) is 0.860. The molecule has 0 heterocycles. The van der Waals surface area contributed by atoms with Crippen LogP contribution >= 0.6 is 0 Å². The van der Waals surface area contributed by atoms with Gasteiger partial charge in [-0.25, -0.2) is 0 Å². The average Bonchev–Trinajstić information content (AvgIpc) is 2.86. The Labute approximate surface area is 120 Å². The van der Waals surface area contributed by atoms with E-state index in [0.717, 1.165) is 12.8 Å². The molecular weight excluding hydrogens is 250 g/mol. The minimum atomic E-state index is -0.541. The molecule has 0 radical (unpaired) electrons. The summed E-state index contributed by atoms with van der Waals surface area (Å²) in [6.45, 7) is 0. The first kappa shape index (κ1) is 13.6. The summed E-state index contributed by atoms with van der Waals surface area (Å²) in [6.07, 6.45) is 7.72. The van der Waals surface area contributed by atoms with Gasteiger partial charge >= 0.3 is 5.97 Å². The molecule has 108 valence electrons. The van der Waals surface area contributed by atoms with Crippen LogP contribution in [0.5, 0.6) is 0 Å². The van der Waals surface area contributed by atoms with E-state index in [1.165, 1.54) is 50.3 Å². The van der Waals surface area contributed by atoms with Crippen molar-refractivity contribution in [2.45, 2.75) is 56.5 Å². The predicted molar refractivity (Wildman–Crippen MR) is 78.6 cm³/mol. The molecule has 0 bridgehead atoms. The van der Waals surface area contributed by atoms with Crippen molar-refractivity contribution in [3.05, 3.63) is 35.4 Å². The number of fused-ring (bicyclic) bond motifs is 1. The number of esters is 1. The Morgan fingerprint density at radius 1 is 1.15 bits per heavy atom. The maximum atomic E-state index is 12.4. The van der Waals surface area contributed by atoms with E-state index in [4.69, 9.17) is 4.74 Å². The smallest absolute Gasteiger partial charge is 0.326 e. The van der Waals surface area contributed by atoms with Gasteiger partial charge in [-0.2, -0.15) is 0 Å². The van der Waals surface area contributed by atoms with Gasteiger partial charge in [0.05, 0.1) is 7.11 Å². The van der Waals surface area contributed by atoms with Gasteiger partial charge in [0.25, 0.3) is 0 Å². The molecule has 20 heavy (non-hydrogen) atoms. The van der Waals surface area contributed by atoms with Crippen molar-refractivity contribution in [1.82, 2.24) is 5.32 Å². The zero-order valence-corrected chi connectivity index (χ0v) is 12.2. The molecule has 3 nitrogen and oxygen atoms in total. The highest BCUT2D eigenvalue weighted by atomic mass is 16.5. The molecule has 3 heteroatoms. The molecule has 1 aromatic rings. The molecule has 2 aliphatic carbocycles. The summed E-state index contributed by atoms with van der Waals surface area (Å²) in [5, 5.41) is 3.65. The summed E-state index contributed by atoms with van der Waals surface area (Å²) in [4.78, 5) is 12.4. The number of hydrogen-bond donors (Lipinski definition) is 1. The lowest BCUT2D eigenvalue weighted by atomic mass is 9.89. The Morgan fingerprint density at radius 2 is 1.75 bits per heavy atom. The second-order valence-electron chi connectivity index (χ2n) is 6.18. The number of ether oxygens (including phenoxy) is 1. The fraction of sp³-hybridized carbons (Fsp3) is 0.588. The molecule has 1 N–H and O–H groups in total. The summed E-state index contributed by atoms with van der Waals surface area (Å²) >= 11 is 0. The van der Waals surface area contributed by atoms with Gasteiger partial charge in [-0.1, -0.05) is 43.5 Å². The SMILES string of the molecule is COC(=O)C1(NC2CCCCC2)Cc2ccccc2C1. The molecule has 0 aliphatic heterocycles. The average molecular weight is 273 g/mol. The lowest BCUT2D eigenvalue weighted by Crippen LogP contribution is -2.57. The minimum Gasteiger partial charge on any atom is -0.468 e. The van der Waals surface area contributed by atoms with Crippen LogP contribution in [0.4, 0.5) is 0 Å². The van der Waals surface area contributed by atoms with Gasteiger partial charge in [-0.15, -0.1) is 0 Å². The Bertz CT molecular complexity index is 467. The van der Waals surface area contributed by atoms with Gasteiger partial charge in [-0.3, -0.25) is 10.1 Å². The molecule has 0 saturated heterocycles. The van der Waals surface area contributed by atoms with Crippen molar-refractivity contribution in [3.8, 4) is 0 Å².